The molecule has 160 valence electrons. The molecule has 1 amide bonds. The van der Waals surface area contributed by atoms with Crippen LogP contribution >= 0.6 is 0 Å². The zero-order valence-electron chi connectivity index (χ0n) is 18.3. The summed E-state index contributed by atoms with van der Waals surface area (Å²) >= 11 is 0. The Balaban J connectivity index is 1.71. The van der Waals surface area contributed by atoms with E-state index < -0.39 is 6.04 Å². The average molecular weight is 425 g/mol. The highest BCUT2D eigenvalue weighted by Crippen LogP contribution is 2.39. The van der Waals surface area contributed by atoms with E-state index in [2.05, 4.69) is 31.0 Å². The smallest absolute Gasteiger partial charge is 0.291 e. The predicted molar refractivity (Wildman–Crippen MR) is 124 cm³/mol. The summed E-state index contributed by atoms with van der Waals surface area (Å²) < 4.78 is 6.03. The lowest BCUT2D eigenvalue weighted by atomic mass is 9.95. The number of hydrogen-bond donors (Lipinski definition) is 0. The number of pyridine rings is 1. The Labute approximate surface area is 186 Å². The number of benzene rings is 2. The Kier molecular flexibility index (Phi) is 4.89. The molecule has 32 heavy (non-hydrogen) atoms. The first-order valence-corrected chi connectivity index (χ1v) is 10.8. The number of carbonyl (C=O) groups is 1. The van der Waals surface area contributed by atoms with Gasteiger partial charge in [-0.3, -0.25) is 14.6 Å². The molecule has 4 aromatic rings. The Hall–Kier alpha value is -3.73. The van der Waals surface area contributed by atoms with Crippen LogP contribution < -0.4 is 5.43 Å². The summed E-state index contributed by atoms with van der Waals surface area (Å²) in [6, 6.07) is 16.9. The molecule has 3 heterocycles. The summed E-state index contributed by atoms with van der Waals surface area (Å²) in [5.74, 6) is 0.250. The van der Waals surface area contributed by atoms with Gasteiger partial charge in [-0.05, 0) is 47.7 Å². The van der Waals surface area contributed by atoms with E-state index in [0.717, 1.165) is 16.7 Å². The molecule has 2 aromatic heterocycles. The lowest BCUT2D eigenvalue weighted by Crippen LogP contribution is -2.29. The molecule has 5 nitrogen and oxygen atoms in total. The minimum Gasteiger partial charge on any atom is -0.450 e. The monoisotopic (exact) mass is 424 g/mol. The number of aryl methyl sites for hydroxylation is 1. The SMILES string of the molecule is Cc1ccc2oc3c(c(=O)c2c1)C(c1ccc(C(C)C)cc1)N(Cc1cccnc1)C3=O. The van der Waals surface area contributed by atoms with E-state index in [1.807, 2.05) is 43.3 Å². The standard InChI is InChI=1S/C27H24N2O3/c1-16(2)19-7-9-20(10-8-19)24-23-25(30)21-13-17(3)6-11-22(21)32-26(23)27(31)29(24)15-18-5-4-12-28-14-18/h4-14,16,24H,15H2,1-3H3. The van der Waals surface area contributed by atoms with Crippen molar-refractivity contribution in [3.05, 3.63) is 111 Å². The number of amides is 1. The second-order valence-electron chi connectivity index (χ2n) is 8.69. The normalized spacial score (nSPS) is 15.6. The van der Waals surface area contributed by atoms with Crippen LogP contribution in [0.5, 0.6) is 0 Å². The molecule has 0 fully saturated rings. The second kappa shape index (κ2) is 7.75. The highest BCUT2D eigenvalue weighted by molar-refractivity contribution is 5.99. The highest BCUT2D eigenvalue weighted by atomic mass is 16.3. The Morgan fingerprint density at radius 2 is 1.84 bits per heavy atom. The van der Waals surface area contributed by atoms with Gasteiger partial charge in [-0.25, -0.2) is 0 Å². The van der Waals surface area contributed by atoms with Crippen molar-refractivity contribution < 1.29 is 9.21 Å². The van der Waals surface area contributed by atoms with Gasteiger partial charge in [0.1, 0.15) is 5.58 Å². The predicted octanol–water partition coefficient (Wildman–Crippen LogP) is 5.37. The second-order valence-corrected chi connectivity index (χ2v) is 8.69. The van der Waals surface area contributed by atoms with Crippen molar-refractivity contribution in [1.82, 2.24) is 9.88 Å². The molecule has 5 rings (SSSR count). The molecule has 1 unspecified atom stereocenters. The van der Waals surface area contributed by atoms with Gasteiger partial charge in [0, 0.05) is 18.9 Å². The minimum absolute atomic E-state index is 0.133. The van der Waals surface area contributed by atoms with E-state index >= 15 is 0 Å². The lowest BCUT2D eigenvalue weighted by molar-refractivity contribution is 0.0714. The maximum Gasteiger partial charge on any atom is 0.291 e. The fraction of sp³-hybridized carbons (Fsp3) is 0.222. The van der Waals surface area contributed by atoms with Gasteiger partial charge in [-0.1, -0.05) is 55.8 Å². The van der Waals surface area contributed by atoms with E-state index in [0.29, 0.717) is 29.0 Å². The fourth-order valence-corrected chi connectivity index (χ4v) is 4.40. The van der Waals surface area contributed by atoms with Gasteiger partial charge in [0.2, 0.25) is 5.76 Å². The van der Waals surface area contributed by atoms with Crippen molar-refractivity contribution >= 4 is 16.9 Å². The maximum atomic E-state index is 13.6. The Bertz CT molecular complexity index is 1370. The van der Waals surface area contributed by atoms with E-state index in [1.54, 1.807) is 23.4 Å². The topological polar surface area (TPSA) is 63.4 Å². The third-order valence-corrected chi connectivity index (χ3v) is 6.12. The summed E-state index contributed by atoms with van der Waals surface area (Å²) in [5, 5.41) is 0.503. The van der Waals surface area contributed by atoms with Crippen LogP contribution in [0.25, 0.3) is 11.0 Å². The summed E-state index contributed by atoms with van der Waals surface area (Å²) in [7, 11) is 0. The van der Waals surface area contributed by atoms with Crippen molar-refractivity contribution in [2.24, 2.45) is 0 Å². The van der Waals surface area contributed by atoms with Crippen LogP contribution in [0.1, 0.15) is 64.2 Å². The van der Waals surface area contributed by atoms with Gasteiger partial charge in [0.25, 0.3) is 5.91 Å². The maximum absolute atomic E-state index is 13.6. The first-order chi connectivity index (χ1) is 15.4. The summed E-state index contributed by atoms with van der Waals surface area (Å²) in [6.07, 6.45) is 3.44. The van der Waals surface area contributed by atoms with Crippen molar-refractivity contribution in [3.63, 3.8) is 0 Å². The molecule has 0 saturated heterocycles. The van der Waals surface area contributed by atoms with Crippen molar-refractivity contribution in [3.8, 4) is 0 Å². The molecule has 0 bridgehead atoms. The first kappa shape index (κ1) is 20.2. The number of rotatable bonds is 4. The van der Waals surface area contributed by atoms with E-state index in [-0.39, 0.29) is 17.1 Å². The van der Waals surface area contributed by atoms with Crippen LogP contribution in [0.2, 0.25) is 0 Å². The van der Waals surface area contributed by atoms with Crippen molar-refractivity contribution in [1.29, 1.82) is 0 Å². The van der Waals surface area contributed by atoms with Crippen LogP contribution in [0.3, 0.4) is 0 Å². The molecule has 0 radical (unpaired) electrons. The number of nitrogens with zero attached hydrogens (tertiary/aromatic N) is 2. The van der Waals surface area contributed by atoms with Crippen molar-refractivity contribution in [2.45, 2.75) is 39.3 Å². The molecule has 1 aliphatic rings. The van der Waals surface area contributed by atoms with Crippen LogP contribution in [0, 0.1) is 6.92 Å². The fourth-order valence-electron chi connectivity index (χ4n) is 4.40. The summed E-state index contributed by atoms with van der Waals surface area (Å²) in [5.41, 5.74) is 4.66. The molecule has 1 atom stereocenters. The van der Waals surface area contributed by atoms with Crippen LogP contribution in [0.15, 0.2) is 76.2 Å². The summed E-state index contributed by atoms with van der Waals surface area (Å²) in [4.78, 5) is 33.0. The first-order valence-electron chi connectivity index (χ1n) is 10.8. The molecule has 0 aliphatic carbocycles. The zero-order valence-corrected chi connectivity index (χ0v) is 18.3. The van der Waals surface area contributed by atoms with Crippen LogP contribution in [-0.4, -0.2) is 15.8 Å². The van der Waals surface area contributed by atoms with E-state index in [1.165, 1.54) is 5.56 Å². The number of fused-ring (bicyclic) bond motifs is 2. The highest BCUT2D eigenvalue weighted by Gasteiger charge is 2.42. The number of aromatic nitrogens is 1. The van der Waals surface area contributed by atoms with Crippen LogP contribution in [0.4, 0.5) is 0 Å². The molecule has 5 heteroatoms. The number of carbonyl (C=O) groups excluding carboxylic acids is 1. The number of hydrogen-bond acceptors (Lipinski definition) is 4. The Morgan fingerprint density at radius 1 is 1.06 bits per heavy atom. The van der Waals surface area contributed by atoms with Gasteiger partial charge in [0.05, 0.1) is 17.0 Å². The van der Waals surface area contributed by atoms with Crippen molar-refractivity contribution in [2.75, 3.05) is 0 Å². The van der Waals surface area contributed by atoms with Gasteiger partial charge < -0.3 is 9.32 Å². The largest absolute Gasteiger partial charge is 0.450 e. The zero-order chi connectivity index (χ0) is 22.4. The molecule has 2 aromatic carbocycles. The van der Waals surface area contributed by atoms with Gasteiger partial charge >= 0.3 is 0 Å². The molecule has 0 spiro atoms. The molecule has 0 N–H and O–H groups in total. The average Bonchev–Trinajstić information content (AvgIpc) is 3.07. The minimum atomic E-state index is -0.514. The van der Waals surface area contributed by atoms with E-state index in [4.69, 9.17) is 4.42 Å². The quantitative estimate of drug-likeness (QED) is 0.442. The van der Waals surface area contributed by atoms with Gasteiger partial charge in [-0.15, -0.1) is 0 Å². The Morgan fingerprint density at radius 3 is 2.53 bits per heavy atom. The molecule has 1 aliphatic heterocycles. The third-order valence-electron chi connectivity index (χ3n) is 6.12. The third kappa shape index (κ3) is 3.30. The molecule has 0 saturated carbocycles. The van der Waals surface area contributed by atoms with Gasteiger partial charge in [0.15, 0.2) is 5.43 Å². The lowest BCUT2D eigenvalue weighted by Gasteiger charge is -2.25. The van der Waals surface area contributed by atoms with E-state index in [9.17, 15) is 9.59 Å². The van der Waals surface area contributed by atoms with Crippen LogP contribution in [-0.2, 0) is 6.54 Å². The van der Waals surface area contributed by atoms with Gasteiger partial charge in [-0.2, -0.15) is 0 Å². The molecular formula is C27H24N2O3. The molecular weight excluding hydrogens is 400 g/mol. The summed E-state index contributed by atoms with van der Waals surface area (Å²) in [6.45, 7) is 6.55.